The highest BCUT2D eigenvalue weighted by atomic mass is 16.5. The summed E-state index contributed by atoms with van der Waals surface area (Å²) in [5.74, 6) is 2.89. The van der Waals surface area contributed by atoms with Gasteiger partial charge in [0, 0.05) is 29.8 Å². The minimum atomic E-state index is -0.203. The first-order valence-corrected chi connectivity index (χ1v) is 5.84. The van der Waals surface area contributed by atoms with Crippen LogP contribution in [0.25, 0.3) is 0 Å². The number of amides is 1. The summed E-state index contributed by atoms with van der Waals surface area (Å²) in [7, 11) is 0. The van der Waals surface area contributed by atoms with Gasteiger partial charge >= 0.3 is 0 Å². The van der Waals surface area contributed by atoms with Crippen LogP contribution in [0.15, 0.2) is 18.2 Å². The fraction of sp³-hybridized carbons (Fsp3) is 0.357. The summed E-state index contributed by atoms with van der Waals surface area (Å²) >= 11 is 0. The number of carbonyl (C=O) groups excluding carboxylic acids is 1. The molecule has 0 aliphatic heterocycles. The topological polar surface area (TPSA) is 64.4 Å². The second-order valence-corrected chi connectivity index (χ2v) is 4.01. The van der Waals surface area contributed by atoms with Gasteiger partial charge in [-0.3, -0.25) is 4.79 Å². The largest absolute Gasteiger partial charge is 0.494 e. The highest BCUT2D eigenvalue weighted by Gasteiger charge is 2.11. The number of terminal acetylenes is 1. The van der Waals surface area contributed by atoms with Crippen LogP contribution >= 0.6 is 0 Å². The molecule has 3 N–H and O–H groups in total. The van der Waals surface area contributed by atoms with Gasteiger partial charge in [-0.2, -0.15) is 0 Å². The molecule has 1 atom stereocenters. The first-order valence-electron chi connectivity index (χ1n) is 5.84. The number of nitrogens with two attached hydrogens (primary N) is 1. The van der Waals surface area contributed by atoms with E-state index in [2.05, 4.69) is 11.2 Å². The summed E-state index contributed by atoms with van der Waals surface area (Å²) in [6.07, 6.45) is 5.68. The molecule has 0 saturated heterocycles. The van der Waals surface area contributed by atoms with Gasteiger partial charge in [0.2, 0.25) is 0 Å². The molecule has 1 aromatic carbocycles. The highest BCUT2D eigenvalue weighted by Crippen LogP contribution is 2.19. The smallest absolute Gasteiger partial charge is 0.251 e. The molecule has 4 nitrogen and oxygen atoms in total. The van der Waals surface area contributed by atoms with Crippen LogP contribution in [0.1, 0.15) is 30.6 Å². The van der Waals surface area contributed by atoms with Crippen LogP contribution in [0.3, 0.4) is 0 Å². The maximum atomic E-state index is 11.9. The van der Waals surface area contributed by atoms with Crippen LogP contribution in [0.4, 0.5) is 5.69 Å². The standard InChI is InChI=1S/C14H18N2O2/c1-4-6-10(3)16-14(17)11-7-12(15)9-13(8-11)18-5-2/h1,7-10H,5-6,15H2,2-3H3,(H,16,17). The molecule has 0 aliphatic rings. The number of carbonyl (C=O) groups is 1. The third kappa shape index (κ3) is 4.02. The third-order valence-electron chi connectivity index (χ3n) is 2.30. The Bertz CT molecular complexity index is 463. The van der Waals surface area contributed by atoms with Gasteiger partial charge in [-0.05, 0) is 26.0 Å². The highest BCUT2D eigenvalue weighted by molar-refractivity contribution is 5.95. The van der Waals surface area contributed by atoms with Crippen LogP contribution in [0, 0.1) is 12.3 Å². The van der Waals surface area contributed by atoms with Crippen molar-refractivity contribution in [2.75, 3.05) is 12.3 Å². The van der Waals surface area contributed by atoms with Crippen LogP contribution in [-0.2, 0) is 0 Å². The van der Waals surface area contributed by atoms with Crippen molar-refractivity contribution >= 4 is 11.6 Å². The number of rotatable bonds is 5. The SMILES string of the molecule is C#CCC(C)NC(=O)c1cc(N)cc(OCC)c1. The molecule has 4 heteroatoms. The quantitative estimate of drug-likeness (QED) is 0.615. The molecule has 0 heterocycles. The van der Waals surface area contributed by atoms with Crippen LogP contribution in [-0.4, -0.2) is 18.6 Å². The molecule has 0 spiro atoms. The molecule has 1 amide bonds. The first kappa shape index (κ1) is 13.9. The number of hydrogen-bond acceptors (Lipinski definition) is 3. The summed E-state index contributed by atoms with van der Waals surface area (Å²) in [4.78, 5) is 11.9. The van der Waals surface area contributed by atoms with Crippen LogP contribution in [0.2, 0.25) is 0 Å². The van der Waals surface area contributed by atoms with E-state index in [1.807, 2.05) is 13.8 Å². The molecule has 0 fully saturated rings. The normalized spacial score (nSPS) is 11.4. The summed E-state index contributed by atoms with van der Waals surface area (Å²) in [6.45, 7) is 4.25. The van der Waals surface area contributed by atoms with E-state index in [0.29, 0.717) is 30.0 Å². The Kier molecular flexibility index (Phi) is 5.06. The Morgan fingerprint density at radius 3 is 2.89 bits per heavy atom. The third-order valence-corrected chi connectivity index (χ3v) is 2.30. The van der Waals surface area contributed by atoms with Gasteiger partial charge in [-0.1, -0.05) is 0 Å². The second kappa shape index (κ2) is 6.55. The number of benzene rings is 1. The summed E-state index contributed by atoms with van der Waals surface area (Å²) in [6, 6.07) is 4.89. The summed E-state index contributed by atoms with van der Waals surface area (Å²) in [5, 5.41) is 2.80. The van der Waals surface area contributed by atoms with Gasteiger partial charge < -0.3 is 15.8 Å². The molecule has 0 saturated carbocycles. The van der Waals surface area contributed by atoms with Crippen molar-refractivity contribution in [3.63, 3.8) is 0 Å². The minimum absolute atomic E-state index is 0.0699. The molecule has 0 aromatic heterocycles. The van der Waals surface area contributed by atoms with Crippen molar-refractivity contribution in [1.29, 1.82) is 0 Å². The molecular formula is C14H18N2O2. The number of hydrogen-bond donors (Lipinski definition) is 2. The lowest BCUT2D eigenvalue weighted by Gasteiger charge is -2.12. The van der Waals surface area contributed by atoms with E-state index >= 15 is 0 Å². The lowest BCUT2D eigenvalue weighted by atomic mass is 10.1. The molecule has 96 valence electrons. The Morgan fingerprint density at radius 1 is 1.56 bits per heavy atom. The predicted molar refractivity (Wildman–Crippen MR) is 72.4 cm³/mol. The molecule has 0 aliphatic carbocycles. The maximum absolute atomic E-state index is 11.9. The Balaban J connectivity index is 2.82. The van der Waals surface area contributed by atoms with Crippen molar-refractivity contribution in [1.82, 2.24) is 5.32 Å². The van der Waals surface area contributed by atoms with Gasteiger partial charge in [-0.15, -0.1) is 12.3 Å². The Hall–Kier alpha value is -2.15. The number of nitrogens with one attached hydrogen (secondary N) is 1. The van der Waals surface area contributed by atoms with Crippen molar-refractivity contribution in [2.45, 2.75) is 26.3 Å². The van der Waals surface area contributed by atoms with Gasteiger partial charge in [0.25, 0.3) is 5.91 Å². The molecule has 1 aromatic rings. The van der Waals surface area contributed by atoms with Crippen LogP contribution in [0.5, 0.6) is 5.75 Å². The summed E-state index contributed by atoms with van der Waals surface area (Å²) in [5.41, 5.74) is 6.70. The maximum Gasteiger partial charge on any atom is 0.251 e. The fourth-order valence-electron chi connectivity index (χ4n) is 1.54. The first-order chi connectivity index (χ1) is 8.56. The van der Waals surface area contributed by atoms with Crippen molar-refractivity contribution in [3.05, 3.63) is 23.8 Å². The fourth-order valence-corrected chi connectivity index (χ4v) is 1.54. The molecule has 0 bridgehead atoms. The van der Waals surface area contributed by atoms with E-state index in [4.69, 9.17) is 16.9 Å². The molecule has 1 unspecified atom stereocenters. The van der Waals surface area contributed by atoms with E-state index in [1.165, 1.54) is 0 Å². The van der Waals surface area contributed by atoms with Gasteiger partial charge in [0.15, 0.2) is 0 Å². The lowest BCUT2D eigenvalue weighted by molar-refractivity contribution is 0.0940. The monoisotopic (exact) mass is 246 g/mol. The van der Waals surface area contributed by atoms with Crippen molar-refractivity contribution < 1.29 is 9.53 Å². The molecule has 18 heavy (non-hydrogen) atoms. The zero-order valence-electron chi connectivity index (χ0n) is 10.7. The van der Waals surface area contributed by atoms with E-state index in [0.717, 1.165) is 0 Å². The van der Waals surface area contributed by atoms with E-state index in [9.17, 15) is 4.79 Å². The van der Waals surface area contributed by atoms with Gasteiger partial charge in [-0.25, -0.2) is 0 Å². The molecule has 0 radical (unpaired) electrons. The van der Waals surface area contributed by atoms with Gasteiger partial charge in [0.1, 0.15) is 5.75 Å². The van der Waals surface area contributed by atoms with E-state index in [-0.39, 0.29) is 11.9 Å². The zero-order chi connectivity index (χ0) is 13.5. The van der Waals surface area contributed by atoms with Gasteiger partial charge in [0.05, 0.1) is 6.61 Å². The molecule has 1 rings (SSSR count). The second-order valence-electron chi connectivity index (χ2n) is 4.01. The van der Waals surface area contributed by atoms with E-state index < -0.39 is 0 Å². The summed E-state index contributed by atoms with van der Waals surface area (Å²) < 4.78 is 5.34. The molecular weight excluding hydrogens is 228 g/mol. The number of ether oxygens (including phenoxy) is 1. The average molecular weight is 246 g/mol. The Morgan fingerprint density at radius 2 is 2.28 bits per heavy atom. The van der Waals surface area contributed by atoms with Crippen molar-refractivity contribution in [3.8, 4) is 18.1 Å². The average Bonchev–Trinajstić information content (AvgIpc) is 2.28. The number of anilines is 1. The minimum Gasteiger partial charge on any atom is -0.494 e. The number of nitrogen functional groups attached to an aromatic ring is 1. The van der Waals surface area contributed by atoms with Crippen molar-refractivity contribution in [2.24, 2.45) is 0 Å². The predicted octanol–water partition coefficient (Wildman–Crippen LogP) is 1.81. The van der Waals surface area contributed by atoms with E-state index in [1.54, 1.807) is 18.2 Å². The zero-order valence-corrected chi connectivity index (χ0v) is 10.7. The Labute approximate surface area is 108 Å². The lowest BCUT2D eigenvalue weighted by Crippen LogP contribution is -2.32. The van der Waals surface area contributed by atoms with Crippen LogP contribution < -0.4 is 15.8 Å².